The van der Waals surface area contributed by atoms with Crippen molar-refractivity contribution in [1.82, 2.24) is 29.9 Å². The number of benzene rings is 1. The summed E-state index contributed by atoms with van der Waals surface area (Å²) in [4.78, 5) is 16.8. The monoisotopic (exact) mass is 500 g/mol. The Morgan fingerprint density at radius 3 is 2.76 bits per heavy atom. The number of rotatable bonds is 5. The van der Waals surface area contributed by atoms with Gasteiger partial charge in [-0.05, 0) is 61.9 Å². The number of hydrogen-bond donors (Lipinski definition) is 3. The van der Waals surface area contributed by atoms with Gasteiger partial charge < -0.3 is 21.3 Å². The zero-order chi connectivity index (χ0) is 25.4. The van der Waals surface area contributed by atoms with Crippen LogP contribution in [0, 0.1) is 11.7 Å². The molecule has 2 fully saturated rings. The van der Waals surface area contributed by atoms with Crippen molar-refractivity contribution in [1.29, 1.82) is 0 Å². The van der Waals surface area contributed by atoms with Crippen LogP contribution >= 0.6 is 0 Å². The predicted octanol–water partition coefficient (Wildman–Crippen LogP) is 3.62. The van der Waals surface area contributed by atoms with E-state index in [9.17, 15) is 4.39 Å². The second-order valence-electron chi connectivity index (χ2n) is 10.6. The molecule has 37 heavy (non-hydrogen) atoms. The average Bonchev–Trinajstić information content (AvgIpc) is 3.64. The molecule has 190 valence electrons. The lowest BCUT2D eigenvalue weighted by Gasteiger charge is -2.32. The van der Waals surface area contributed by atoms with E-state index in [1.54, 1.807) is 23.0 Å². The van der Waals surface area contributed by atoms with Gasteiger partial charge in [0.15, 0.2) is 5.65 Å². The Kier molecular flexibility index (Phi) is 4.87. The number of nitrogens with two attached hydrogens (primary N) is 1. The number of fused-ring (bicyclic) bond motifs is 6. The van der Waals surface area contributed by atoms with Crippen LogP contribution in [-0.2, 0) is 6.42 Å². The summed E-state index contributed by atoms with van der Waals surface area (Å²) < 4.78 is 16.4. The van der Waals surface area contributed by atoms with Gasteiger partial charge >= 0.3 is 0 Å². The number of aromatic nitrogens is 6. The van der Waals surface area contributed by atoms with Crippen LogP contribution in [0.5, 0.6) is 0 Å². The number of hydrogen-bond acceptors (Lipinski definition) is 9. The highest BCUT2D eigenvalue weighted by Gasteiger charge is 2.45. The van der Waals surface area contributed by atoms with Gasteiger partial charge in [-0.25, -0.2) is 19.0 Å². The van der Waals surface area contributed by atoms with Gasteiger partial charge in [0.05, 0.1) is 23.6 Å². The van der Waals surface area contributed by atoms with Gasteiger partial charge in [-0.2, -0.15) is 4.98 Å². The van der Waals surface area contributed by atoms with Crippen LogP contribution in [0.2, 0.25) is 0 Å². The minimum Gasteiger partial charge on any atom is -0.388 e. The van der Waals surface area contributed by atoms with Crippen molar-refractivity contribution in [3.05, 3.63) is 41.5 Å². The maximum Gasteiger partial charge on any atom is 0.229 e. The lowest BCUT2D eigenvalue weighted by atomic mass is 10.0. The van der Waals surface area contributed by atoms with E-state index >= 15 is 0 Å². The van der Waals surface area contributed by atoms with E-state index in [4.69, 9.17) is 15.7 Å². The largest absolute Gasteiger partial charge is 0.388 e. The van der Waals surface area contributed by atoms with E-state index in [0.717, 1.165) is 64.6 Å². The second kappa shape index (κ2) is 8.07. The number of anilines is 4. The minimum absolute atomic E-state index is 0.164. The van der Waals surface area contributed by atoms with Gasteiger partial charge in [-0.1, -0.05) is 5.21 Å². The highest BCUT2D eigenvalue weighted by Crippen LogP contribution is 2.48. The number of piperidine rings is 1. The Bertz CT molecular complexity index is 1540. The first kappa shape index (κ1) is 22.3. The molecular weight excluding hydrogens is 471 g/mol. The van der Waals surface area contributed by atoms with Gasteiger partial charge in [0.25, 0.3) is 0 Å². The van der Waals surface area contributed by atoms with Crippen LogP contribution in [0.15, 0.2) is 24.4 Å². The zero-order valence-corrected chi connectivity index (χ0v) is 21.0. The van der Waals surface area contributed by atoms with Crippen molar-refractivity contribution in [2.75, 3.05) is 29.1 Å². The van der Waals surface area contributed by atoms with Crippen LogP contribution in [-0.4, -0.2) is 55.6 Å². The average molecular weight is 501 g/mol. The van der Waals surface area contributed by atoms with Gasteiger partial charge in [0, 0.05) is 43.3 Å². The Labute approximate surface area is 213 Å². The summed E-state index contributed by atoms with van der Waals surface area (Å²) in [7, 11) is 1.82. The number of nitrogens with one attached hydrogen (secondary N) is 2. The SMILES string of the molecule is CNc1cc(F)cc2c1Cc1nc(Nc3cnc4c(c3)nnn4C(C)C)nc(N3C[C@H]4CC3C[C@H]4N)c1-2. The Hall–Kier alpha value is -3.86. The summed E-state index contributed by atoms with van der Waals surface area (Å²) >= 11 is 0. The quantitative estimate of drug-likeness (QED) is 0.332. The molecule has 11 heteroatoms. The molecule has 4 aromatic rings. The second-order valence-corrected chi connectivity index (χ2v) is 10.6. The molecule has 1 saturated carbocycles. The molecule has 2 bridgehead atoms. The molecule has 4 heterocycles. The Morgan fingerprint density at radius 2 is 2.03 bits per heavy atom. The smallest absolute Gasteiger partial charge is 0.229 e. The molecule has 0 spiro atoms. The first-order chi connectivity index (χ1) is 17.9. The maximum absolute atomic E-state index is 14.6. The van der Waals surface area contributed by atoms with Gasteiger partial charge in [-0.15, -0.1) is 5.10 Å². The standard InChI is InChI=1S/C26H29FN10/c1-12(2)37-24-22(34-35-37)7-15(10-30-24)31-26-32-21-9-17-18(5-14(27)6-20(17)29-3)23(21)25(33-26)36-11-13-4-16(36)8-19(13)28/h5-7,10,12-13,16,19,29H,4,8-9,11,28H2,1-3H3,(H,31,32,33)/t13-,16?,19-/m1/s1. The molecule has 0 amide bonds. The van der Waals surface area contributed by atoms with Crippen molar-refractivity contribution < 1.29 is 4.39 Å². The Morgan fingerprint density at radius 1 is 1.16 bits per heavy atom. The van der Waals surface area contributed by atoms with E-state index in [2.05, 4.69) is 30.8 Å². The van der Waals surface area contributed by atoms with Crippen LogP contribution in [0.25, 0.3) is 22.3 Å². The molecule has 0 radical (unpaired) electrons. The molecule has 3 aromatic heterocycles. The molecule has 3 atom stereocenters. The Balaban J connectivity index is 1.32. The normalized spacial score (nSPS) is 21.7. The highest BCUT2D eigenvalue weighted by molar-refractivity contribution is 5.89. The highest BCUT2D eigenvalue weighted by atomic mass is 19.1. The van der Waals surface area contributed by atoms with E-state index in [1.165, 1.54) is 0 Å². The maximum atomic E-state index is 14.6. The third-order valence-electron chi connectivity index (χ3n) is 7.99. The molecule has 1 aromatic carbocycles. The van der Waals surface area contributed by atoms with E-state index in [1.807, 2.05) is 27.0 Å². The molecule has 4 N–H and O–H groups in total. The van der Waals surface area contributed by atoms with Crippen LogP contribution < -0.4 is 21.3 Å². The van der Waals surface area contributed by atoms with Gasteiger partial charge in [-0.3, -0.25) is 0 Å². The minimum atomic E-state index is -0.275. The molecule has 3 aliphatic rings. The fourth-order valence-electron chi connectivity index (χ4n) is 6.24. The van der Waals surface area contributed by atoms with Gasteiger partial charge in [0.2, 0.25) is 5.95 Å². The summed E-state index contributed by atoms with van der Waals surface area (Å²) in [6, 6.07) is 5.78. The lowest BCUT2D eigenvalue weighted by molar-refractivity contribution is 0.471. The molecule has 10 nitrogen and oxygen atoms in total. The van der Waals surface area contributed by atoms with Crippen molar-refractivity contribution in [2.24, 2.45) is 11.7 Å². The summed E-state index contributed by atoms with van der Waals surface area (Å²) in [5, 5.41) is 15.0. The summed E-state index contributed by atoms with van der Waals surface area (Å²) in [6.07, 6.45) is 4.36. The van der Waals surface area contributed by atoms with Crippen LogP contribution in [0.1, 0.15) is 44.0 Å². The number of pyridine rings is 1. The van der Waals surface area contributed by atoms with Crippen LogP contribution in [0.3, 0.4) is 0 Å². The van der Waals surface area contributed by atoms with Crippen molar-refractivity contribution in [3.63, 3.8) is 0 Å². The summed E-state index contributed by atoms with van der Waals surface area (Å²) in [5.74, 6) is 1.50. The molecule has 1 saturated heterocycles. The molecule has 2 aliphatic carbocycles. The number of halogens is 1. The predicted molar refractivity (Wildman–Crippen MR) is 141 cm³/mol. The first-order valence-corrected chi connectivity index (χ1v) is 12.8. The van der Waals surface area contributed by atoms with Crippen molar-refractivity contribution >= 4 is 34.3 Å². The van der Waals surface area contributed by atoms with Crippen LogP contribution in [0.4, 0.5) is 27.5 Å². The molecular formula is C26H29FN10. The van der Waals surface area contributed by atoms with Gasteiger partial charge in [0.1, 0.15) is 17.2 Å². The molecule has 7 rings (SSSR count). The van der Waals surface area contributed by atoms with E-state index in [0.29, 0.717) is 29.8 Å². The fraction of sp³-hybridized carbons (Fsp3) is 0.423. The van der Waals surface area contributed by atoms with Crippen molar-refractivity contribution in [3.8, 4) is 11.1 Å². The topological polar surface area (TPSA) is 123 Å². The third kappa shape index (κ3) is 3.44. The lowest BCUT2D eigenvalue weighted by Crippen LogP contribution is -2.41. The fourth-order valence-corrected chi connectivity index (χ4v) is 6.24. The zero-order valence-electron chi connectivity index (χ0n) is 21.0. The van der Waals surface area contributed by atoms with E-state index in [-0.39, 0.29) is 17.9 Å². The third-order valence-corrected chi connectivity index (χ3v) is 7.99. The summed E-state index contributed by atoms with van der Waals surface area (Å²) in [5.41, 5.74) is 13.0. The number of nitrogens with zero attached hydrogens (tertiary/aromatic N) is 7. The van der Waals surface area contributed by atoms with E-state index < -0.39 is 0 Å². The molecule has 1 aliphatic heterocycles. The first-order valence-electron chi connectivity index (χ1n) is 12.8. The van der Waals surface area contributed by atoms with Crippen molar-refractivity contribution in [2.45, 2.75) is 51.2 Å². The summed E-state index contributed by atoms with van der Waals surface area (Å²) in [6.45, 7) is 4.94. The molecule has 1 unspecified atom stereocenters.